The van der Waals surface area contributed by atoms with E-state index in [1.165, 1.54) is 0 Å². The quantitative estimate of drug-likeness (QED) is 0.113. The van der Waals surface area contributed by atoms with Gasteiger partial charge in [0.1, 0.15) is 11.1 Å². The molecule has 0 saturated carbocycles. The summed E-state index contributed by atoms with van der Waals surface area (Å²) in [7, 11) is 0. The first-order chi connectivity index (χ1) is 26.4. The highest BCUT2D eigenvalue weighted by molar-refractivity contribution is 5.77. The highest BCUT2D eigenvalue weighted by atomic mass is 19.4. The van der Waals surface area contributed by atoms with Gasteiger partial charge < -0.3 is 4.90 Å². The van der Waals surface area contributed by atoms with Crippen LogP contribution in [-0.4, -0.2) is 23.7 Å². The Morgan fingerprint density at radius 2 is 0.525 bits per heavy atom. The summed E-state index contributed by atoms with van der Waals surface area (Å²) in [4.78, 5) is 0.622. The van der Waals surface area contributed by atoms with Gasteiger partial charge in [0.25, 0.3) is 0 Å². The molecule has 324 valence electrons. The second-order valence-electron chi connectivity index (χ2n) is 11.9. The summed E-state index contributed by atoms with van der Waals surface area (Å²) < 4.78 is 350. The molecule has 0 atom stereocenters. The molecule has 0 aromatic heterocycles. The fourth-order valence-corrected chi connectivity index (χ4v) is 5.15. The molecule has 0 bridgehead atoms. The Morgan fingerprint density at radius 3 is 0.797 bits per heavy atom. The van der Waals surface area contributed by atoms with Crippen molar-refractivity contribution in [3.05, 3.63) is 124 Å². The Kier molecular flexibility index (Phi) is 11.3. The average Bonchev–Trinajstić information content (AvgIpc) is 3.10. The number of halogens is 25. The zero-order valence-corrected chi connectivity index (χ0v) is 27.3. The van der Waals surface area contributed by atoms with Crippen LogP contribution in [0.5, 0.6) is 0 Å². The van der Waals surface area contributed by atoms with Gasteiger partial charge in [-0.3, -0.25) is 0 Å². The molecule has 59 heavy (non-hydrogen) atoms. The standard InChI is InChI=1S/C33H12F25N/c34-21-19(22(35)24(37)20(23(21)36)29(48,49)50)26(40,41)31(53,54)33(57,58)32(55,56)30(51,52)25(38,39)13-1-7-16(8-2-13)59(17-9-3-14(4-10-17)27(42,43)44)18-11-5-15(6-12-18)28(45,46)47/h1-12H. The summed E-state index contributed by atoms with van der Waals surface area (Å²) in [6, 6.07) is 3.60. The maximum Gasteiger partial charge on any atom is 0.422 e. The zero-order chi connectivity index (χ0) is 45.5. The van der Waals surface area contributed by atoms with Crippen molar-refractivity contribution in [1.29, 1.82) is 0 Å². The van der Waals surface area contributed by atoms with E-state index in [-0.39, 0.29) is 24.3 Å². The van der Waals surface area contributed by atoms with Crippen LogP contribution in [0.1, 0.15) is 27.8 Å². The van der Waals surface area contributed by atoms with Gasteiger partial charge in [-0.25, -0.2) is 17.6 Å². The Bertz CT molecular complexity index is 2080. The molecule has 0 N–H and O–H groups in total. The van der Waals surface area contributed by atoms with E-state index in [4.69, 9.17) is 0 Å². The highest BCUT2D eigenvalue weighted by Crippen LogP contribution is 2.64. The molecule has 1 nitrogen and oxygen atoms in total. The summed E-state index contributed by atoms with van der Waals surface area (Å²) >= 11 is 0. The minimum Gasteiger partial charge on any atom is -0.311 e. The number of anilines is 3. The lowest BCUT2D eigenvalue weighted by Crippen LogP contribution is -2.69. The number of hydrogen-bond acceptors (Lipinski definition) is 1. The summed E-state index contributed by atoms with van der Waals surface area (Å²) in [5.74, 6) is -65.3. The van der Waals surface area contributed by atoms with Crippen LogP contribution in [0.15, 0.2) is 72.8 Å². The van der Waals surface area contributed by atoms with Gasteiger partial charge in [-0.1, -0.05) is 12.1 Å². The Balaban J connectivity index is 1.81. The van der Waals surface area contributed by atoms with Crippen LogP contribution in [0.4, 0.5) is 127 Å². The van der Waals surface area contributed by atoms with Crippen LogP contribution >= 0.6 is 0 Å². The fourth-order valence-electron chi connectivity index (χ4n) is 5.15. The van der Waals surface area contributed by atoms with E-state index in [2.05, 4.69) is 0 Å². The van der Waals surface area contributed by atoms with Crippen LogP contribution in [0.3, 0.4) is 0 Å². The molecule has 0 heterocycles. The topological polar surface area (TPSA) is 3.24 Å². The molecule has 0 aliphatic rings. The maximum absolute atomic E-state index is 15.1. The molecule has 0 saturated heterocycles. The van der Waals surface area contributed by atoms with Crippen LogP contribution in [0, 0.1) is 23.3 Å². The Morgan fingerprint density at radius 1 is 0.271 bits per heavy atom. The molecule has 26 heteroatoms. The van der Waals surface area contributed by atoms with E-state index in [1.54, 1.807) is 0 Å². The van der Waals surface area contributed by atoms with Crippen molar-refractivity contribution >= 4 is 17.1 Å². The molecular weight excluding hydrogens is 885 g/mol. The second-order valence-corrected chi connectivity index (χ2v) is 11.9. The largest absolute Gasteiger partial charge is 0.422 e. The lowest BCUT2D eigenvalue weighted by Gasteiger charge is -2.41. The summed E-state index contributed by atoms with van der Waals surface area (Å²) in [5, 5.41) is 0. The van der Waals surface area contributed by atoms with Crippen molar-refractivity contribution in [3.8, 4) is 0 Å². The molecule has 0 aliphatic carbocycles. The molecule has 0 unspecified atom stereocenters. The minimum atomic E-state index is -8.69. The first-order valence-corrected chi connectivity index (χ1v) is 14.9. The van der Waals surface area contributed by atoms with Crippen LogP contribution in [0.25, 0.3) is 0 Å². The van der Waals surface area contributed by atoms with Gasteiger partial charge >= 0.3 is 54.1 Å². The Hall–Kier alpha value is -5.07. The van der Waals surface area contributed by atoms with Crippen LogP contribution < -0.4 is 4.90 Å². The van der Waals surface area contributed by atoms with Crippen molar-refractivity contribution in [2.45, 2.75) is 54.1 Å². The molecule has 0 fully saturated rings. The minimum absolute atomic E-state index is 0.160. The smallest absolute Gasteiger partial charge is 0.311 e. The zero-order valence-electron chi connectivity index (χ0n) is 27.3. The number of rotatable bonds is 10. The lowest BCUT2D eigenvalue weighted by atomic mass is 9.86. The first-order valence-electron chi connectivity index (χ1n) is 14.9. The van der Waals surface area contributed by atoms with E-state index >= 15 is 8.78 Å². The number of nitrogens with zero attached hydrogens (tertiary/aromatic N) is 1. The van der Waals surface area contributed by atoms with Gasteiger partial charge in [-0.05, 0) is 60.7 Å². The number of hydrogen-bond donors (Lipinski definition) is 0. The average molecular weight is 897 g/mol. The van der Waals surface area contributed by atoms with Crippen molar-refractivity contribution in [2.24, 2.45) is 0 Å². The third kappa shape index (κ3) is 7.43. The first kappa shape index (κ1) is 46.6. The molecule has 0 radical (unpaired) electrons. The maximum atomic E-state index is 15.1. The molecule has 0 spiro atoms. The highest BCUT2D eigenvalue weighted by Gasteiger charge is 2.90. The molecule has 4 rings (SSSR count). The molecule has 0 amide bonds. The van der Waals surface area contributed by atoms with Gasteiger partial charge in [-0.2, -0.15) is 92.2 Å². The molecule has 4 aromatic rings. The summed E-state index contributed by atoms with van der Waals surface area (Å²) in [5.41, 5.74) is -15.2. The van der Waals surface area contributed by atoms with Gasteiger partial charge in [0.05, 0.1) is 11.1 Å². The summed E-state index contributed by atoms with van der Waals surface area (Å²) in [6.45, 7) is 0. The predicted molar refractivity (Wildman–Crippen MR) is 150 cm³/mol. The van der Waals surface area contributed by atoms with Crippen molar-refractivity contribution in [1.82, 2.24) is 0 Å². The second kappa shape index (κ2) is 14.3. The molecular formula is C33H12F25N. The number of alkyl halides is 21. The molecule has 0 aliphatic heterocycles. The van der Waals surface area contributed by atoms with E-state index in [1.807, 2.05) is 0 Å². The van der Waals surface area contributed by atoms with E-state index in [9.17, 15) is 101 Å². The van der Waals surface area contributed by atoms with Crippen molar-refractivity contribution < 1.29 is 110 Å². The fraction of sp³-hybridized carbons (Fsp3) is 0.273. The monoisotopic (exact) mass is 897 g/mol. The van der Waals surface area contributed by atoms with Gasteiger partial charge in [0.15, 0.2) is 23.3 Å². The van der Waals surface area contributed by atoms with Gasteiger partial charge in [0, 0.05) is 22.6 Å². The van der Waals surface area contributed by atoms with Gasteiger partial charge in [0.2, 0.25) is 0 Å². The lowest BCUT2D eigenvalue weighted by molar-refractivity contribution is -0.430. The third-order valence-electron chi connectivity index (χ3n) is 8.23. The summed E-state index contributed by atoms with van der Waals surface area (Å²) in [6.07, 6.45) is -16.6. The third-order valence-corrected chi connectivity index (χ3v) is 8.23. The van der Waals surface area contributed by atoms with E-state index in [0.717, 1.165) is 0 Å². The van der Waals surface area contributed by atoms with Crippen molar-refractivity contribution in [3.63, 3.8) is 0 Å². The van der Waals surface area contributed by atoms with Crippen molar-refractivity contribution in [2.75, 3.05) is 4.90 Å². The predicted octanol–water partition coefficient (Wildman–Crippen LogP) is 14.2. The van der Waals surface area contributed by atoms with Gasteiger partial charge in [-0.15, -0.1) is 0 Å². The number of benzene rings is 4. The van der Waals surface area contributed by atoms with Crippen LogP contribution in [0.2, 0.25) is 0 Å². The Labute approximate surface area is 310 Å². The van der Waals surface area contributed by atoms with E-state index in [0.29, 0.717) is 53.4 Å². The SMILES string of the molecule is Fc1c(F)c(C(F)(F)C(F)(F)C(F)(F)C(F)(F)C(F)(F)C(F)(F)c2ccc(N(c3ccc(C(F)(F)F)cc3)c3ccc(C(F)(F)F)cc3)cc2)c(F)c(F)c1C(F)(F)F. The molecule has 4 aromatic carbocycles. The van der Waals surface area contributed by atoms with E-state index < -0.39 is 122 Å². The normalized spacial score (nSPS) is 14.2. The van der Waals surface area contributed by atoms with Crippen LogP contribution in [-0.2, 0) is 30.4 Å².